The molecule has 194 valence electrons. The number of aryl methyl sites for hydroxylation is 1. The van der Waals surface area contributed by atoms with Gasteiger partial charge in [0.05, 0.1) is 16.8 Å². The summed E-state index contributed by atoms with van der Waals surface area (Å²) in [6, 6.07) is 6.34. The first kappa shape index (κ1) is 26.0. The Kier molecular flexibility index (Phi) is 7.62. The number of nitrogens with zero attached hydrogens (tertiary/aromatic N) is 6. The maximum Gasteiger partial charge on any atom is 0.223 e. The molecule has 2 aromatic heterocycles. The lowest BCUT2D eigenvalue weighted by Crippen LogP contribution is -2.37. The zero-order valence-electron chi connectivity index (χ0n) is 22.5. The molecule has 3 aromatic rings. The van der Waals surface area contributed by atoms with Crippen LogP contribution < -0.4 is 4.90 Å². The van der Waals surface area contributed by atoms with Gasteiger partial charge in [-0.25, -0.2) is 19.0 Å². The third-order valence-corrected chi connectivity index (χ3v) is 6.76. The highest BCUT2D eigenvalue weighted by molar-refractivity contribution is 5.91. The van der Waals surface area contributed by atoms with E-state index < -0.39 is 0 Å². The van der Waals surface area contributed by atoms with E-state index in [9.17, 15) is 9.18 Å². The Morgan fingerprint density at radius 3 is 2.47 bits per heavy atom. The Labute approximate surface area is 213 Å². The first-order valence-electron chi connectivity index (χ1n) is 13.1. The van der Waals surface area contributed by atoms with Gasteiger partial charge in [-0.2, -0.15) is 5.10 Å². The van der Waals surface area contributed by atoms with E-state index in [2.05, 4.69) is 39.5 Å². The van der Waals surface area contributed by atoms with Gasteiger partial charge < -0.3 is 9.80 Å². The van der Waals surface area contributed by atoms with Crippen LogP contribution in [0.3, 0.4) is 0 Å². The van der Waals surface area contributed by atoms with Gasteiger partial charge in [0, 0.05) is 38.5 Å². The van der Waals surface area contributed by atoms with E-state index in [1.165, 1.54) is 12.1 Å². The molecule has 0 spiro atoms. The second-order valence-electron chi connectivity index (χ2n) is 11.2. The van der Waals surface area contributed by atoms with Gasteiger partial charge >= 0.3 is 0 Å². The number of hydrogen-bond acceptors (Lipinski definition) is 5. The van der Waals surface area contributed by atoms with E-state index >= 15 is 0 Å². The normalized spacial score (nSPS) is 15.9. The van der Waals surface area contributed by atoms with Crippen LogP contribution in [0.25, 0.3) is 16.7 Å². The smallest absolute Gasteiger partial charge is 0.223 e. The topological polar surface area (TPSA) is 67.2 Å². The fourth-order valence-electron chi connectivity index (χ4n) is 4.90. The number of carbonyl (C=O) groups excluding carboxylic acids is 1. The molecule has 1 aromatic carbocycles. The molecule has 1 aliphatic heterocycles. The summed E-state index contributed by atoms with van der Waals surface area (Å²) in [5.74, 6) is 1.82. The highest BCUT2D eigenvalue weighted by Crippen LogP contribution is 2.32. The third-order valence-electron chi connectivity index (χ3n) is 6.76. The van der Waals surface area contributed by atoms with E-state index in [0.29, 0.717) is 19.5 Å². The first-order valence-corrected chi connectivity index (χ1v) is 13.1. The number of benzene rings is 1. The van der Waals surface area contributed by atoms with Crippen LogP contribution in [0.4, 0.5) is 10.2 Å². The molecule has 0 N–H and O–H groups in total. The molecule has 1 amide bonds. The molecular weight excluding hydrogens is 455 g/mol. The molecule has 0 bridgehead atoms. The van der Waals surface area contributed by atoms with Gasteiger partial charge in [0.2, 0.25) is 5.91 Å². The minimum atomic E-state index is -0.283. The number of rotatable bonds is 6. The van der Waals surface area contributed by atoms with Gasteiger partial charge in [0.15, 0.2) is 5.65 Å². The highest BCUT2D eigenvalue weighted by Gasteiger charge is 2.27. The van der Waals surface area contributed by atoms with Crippen molar-refractivity contribution in [3.63, 3.8) is 0 Å². The average Bonchev–Trinajstić information content (AvgIpc) is 2.98. The molecule has 36 heavy (non-hydrogen) atoms. The van der Waals surface area contributed by atoms with Crippen LogP contribution in [0.1, 0.15) is 77.7 Å². The van der Waals surface area contributed by atoms with Gasteiger partial charge in [0.25, 0.3) is 0 Å². The van der Waals surface area contributed by atoms with E-state index in [4.69, 9.17) is 15.1 Å². The number of fused-ring (bicyclic) bond motifs is 1. The number of halogens is 1. The fraction of sp³-hybridized carbons (Fsp3) is 0.571. The van der Waals surface area contributed by atoms with Crippen molar-refractivity contribution in [3.8, 4) is 5.69 Å². The average molecular weight is 495 g/mol. The summed E-state index contributed by atoms with van der Waals surface area (Å²) in [6.07, 6.45) is 3.46. The summed E-state index contributed by atoms with van der Waals surface area (Å²) >= 11 is 0. The quantitative estimate of drug-likeness (QED) is 0.444. The molecule has 0 saturated carbocycles. The lowest BCUT2D eigenvalue weighted by atomic mass is 9.91. The lowest BCUT2D eigenvalue weighted by Gasteiger charge is -2.26. The number of amides is 1. The van der Waals surface area contributed by atoms with Crippen molar-refractivity contribution < 1.29 is 9.18 Å². The zero-order valence-corrected chi connectivity index (χ0v) is 22.5. The standard InChI is InChI=1S/C28H39FN6O/c1-7-9-19(2)25-30-26(34-15-8-14-33(16-17-34)23(36)18-28(4,5)6)24-20(3)32-35(27(24)31-25)22-12-10-21(29)11-13-22/h10-13,19H,7-9,14-18H2,1-6H3/t19-/m1/s1. The monoisotopic (exact) mass is 494 g/mol. The third kappa shape index (κ3) is 5.68. The minimum Gasteiger partial charge on any atom is -0.354 e. The lowest BCUT2D eigenvalue weighted by molar-refractivity contribution is -0.132. The summed E-state index contributed by atoms with van der Waals surface area (Å²) in [7, 11) is 0. The largest absolute Gasteiger partial charge is 0.354 e. The van der Waals surface area contributed by atoms with Crippen molar-refractivity contribution in [2.75, 3.05) is 31.1 Å². The summed E-state index contributed by atoms with van der Waals surface area (Å²) in [6.45, 7) is 15.6. The van der Waals surface area contributed by atoms with E-state index in [1.54, 1.807) is 16.8 Å². The molecule has 1 aliphatic rings. The second kappa shape index (κ2) is 10.5. The van der Waals surface area contributed by atoms with Crippen molar-refractivity contribution in [3.05, 3.63) is 41.6 Å². The second-order valence-corrected chi connectivity index (χ2v) is 11.2. The Morgan fingerprint density at radius 2 is 1.81 bits per heavy atom. The van der Waals surface area contributed by atoms with Gasteiger partial charge in [-0.1, -0.05) is 41.0 Å². The Hall–Kier alpha value is -3.03. The maximum absolute atomic E-state index is 13.6. The Morgan fingerprint density at radius 1 is 1.08 bits per heavy atom. The molecule has 1 saturated heterocycles. The van der Waals surface area contributed by atoms with Crippen molar-refractivity contribution in [1.82, 2.24) is 24.6 Å². The van der Waals surface area contributed by atoms with Crippen LogP contribution in [0.15, 0.2) is 24.3 Å². The van der Waals surface area contributed by atoms with Crippen LogP contribution in [-0.2, 0) is 4.79 Å². The number of aromatic nitrogens is 4. The predicted molar refractivity (Wildman–Crippen MR) is 142 cm³/mol. The number of hydrogen-bond donors (Lipinski definition) is 0. The summed E-state index contributed by atoms with van der Waals surface area (Å²) < 4.78 is 15.4. The van der Waals surface area contributed by atoms with Crippen LogP contribution in [0, 0.1) is 18.2 Å². The van der Waals surface area contributed by atoms with Gasteiger partial charge in [-0.05, 0) is 49.4 Å². The molecule has 0 aliphatic carbocycles. The molecular formula is C28H39FN6O. The molecule has 0 radical (unpaired) electrons. The van der Waals surface area contributed by atoms with E-state index in [1.807, 2.05) is 11.8 Å². The first-order chi connectivity index (χ1) is 17.1. The van der Waals surface area contributed by atoms with Crippen LogP contribution >= 0.6 is 0 Å². The van der Waals surface area contributed by atoms with Crippen molar-refractivity contribution in [2.45, 2.75) is 73.1 Å². The molecule has 0 unspecified atom stereocenters. The number of anilines is 1. The van der Waals surface area contributed by atoms with Crippen LogP contribution in [0.2, 0.25) is 0 Å². The van der Waals surface area contributed by atoms with Gasteiger partial charge in [-0.3, -0.25) is 4.79 Å². The van der Waals surface area contributed by atoms with E-state index in [-0.39, 0.29) is 23.1 Å². The van der Waals surface area contributed by atoms with Crippen LogP contribution in [0.5, 0.6) is 0 Å². The van der Waals surface area contributed by atoms with Crippen LogP contribution in [-0.4, -0.2) is 56.7 Å². The SMILES string of the molecule is CCC[C@@H](C)c1nc(N2CCCN(C(=O)CC(C)(C)C)CC2)c2c(C)nn(-c3ccc(F)cc3)c2n1. The molecule has 1 fully saturated rings. The predicted octanol–water partition coefficient (Wildman–Crippen LogP) is 5.64. The molecule has 4 rings (SSSR count). The fourth-order valence-corrected chi connectivity index (χ4v) is 4.90. The molecule has 3 heterocycles. The summed E-state index contributed by atoms with van der Waals surface area (Å²) in [4.78, 5) is 27.3. The zero-order chi connectivity index (χ0) is 26.0. The maximum atomic E-state index is 13.6. The minimum absolute atomic E-state index is 0.0295. The Balaban J connectivity index is 1.74. The Bertz CT molecular complexity index is 1210. The summed E-state index contributed by atoms with van der Waals surface area (Å²) in [5, 5.41) is 5.72. The van der Waals surface area contributed by atoms with E-state index in [0.717, 1.165) is 66.4 Å². The van der Waals surface area contributed by atoms with Gasteiger partial charge in [-0.15, -0.1) is 0 Å². The van der Waals surface area contributed by atoms with Crippen molar-refractivity contribution in [2.24, 2.45) is 5.41 Å². The molecule has 1 atom stereocenters. The molecule has 8 heteroatoms. The number of carbonyl (C=O) groups is 1. The van der Waals surface area contributed by atoms with Crippen molar-refractivity contribution in [1.29, 1.82) is 0 Å². The van der Waals surface area contributed by atoms with Crippen molar-refractivity contribution >= 4 is 22.8 Å². The van der Waals surface area contributed by atoms with Gasteiger partial charge in [0.1, 0.15) is 17.5 Å². The molecule has 7 nitrogen and oxygen atoms in total. The summed E-state index contributed by atoms with van der Waals surface area (Å²) in [5.41, 5.74) is 2.32. The highest BCUT2D eigenvalue weighted by atomic mass is 19.1.